The van der Waals surface area contributed by atoms with Crippen LogP contribution in [0.4, 0.5) is 5.69 Å². The highest BCUT2D eigenvalue weighted by Gasteiger charge is 2.18. The Morgan fingerprint density at radius 3 is 2.84 bits per heavy atom. The summed E-state index contributed by atoms with van der Waals surface area (Å²) < 4.78 is 11.2. The zero-order valence-electron chi connectivity index (χ0n) is 10.5. The highest BCUT2D eigenvalue weighted by molar-refractivity contribution is 9.10. The minimum absolute atomic E-state index is 0.197. The molecule has 19 heavy (non-hydrogen) atoms. The molecule has 0 aromatic carbocycles. The maximum absolute atomic E-state index is 12.1. The van der Waals surface area contributed by atoms with Crippen molar-refractivity contribution < 1.29 is 14.3 Å². The molecule has 0 spiro atoms. The number of hydrogen-bond acceptors (Lipinski definition) is 6. The van der Waals surface area contributed by atoms with E-state index in [2.05, 4.69) is 25.8 Å². The van der Waals surface area contributed by atoms with Gasteiger partial charge in [0.25, 0.3) is 5.56 Å². The number of aromatic nitrogens is 2. The summed E-state index contributed by atoms with van der Waals surface area (Å²) >= 11 is 3.27. The van der Waals surface area contributed by atoms with E-state index in [4.69, 9.17) is 4.74 Å². The molecule has 0 radical (unpaired) electrons. The van der Waals surface area contributed by atoms with Crippen molar-refractivity contribution in [1.82, 2.24) is 9.78 Å². The van der Waals surface area contributed by atoms with Crippen molar-refractivity contribution in [3.05, 3.63) is 21.0 Å². The molecule has 1 aliphatic rings. The van der Waals surface area contributed by atoms with Crippen molar-refractivity contribution in [3.8, 4) is 0 Å². The van der Waals surface area contributed by atoms with Gasteiger partial charge in [-0.25, -0.2) is 4.68 Å². The number of nitrogens with zero attached hydrogens (tertiary/aromatic N) is 3. The molecule has 7 nitrogen and oxygen atoms in total. The van der Waals surface area contributed by atoms with E-state index in [9.17, 15) is 9.59 Å². The molecule has 1 aliphatic heterocycles. The van der Waals surface area contributed by atoms with E-state index < -0.39 is 5.97 Å². The first-order chi connectivity index (χ1) is 9.13. The number of halogens is 1. The van der Waals surface area contributed by atoms with Gasteiger partial charge >= 0.3 is 5.97 Å². The van der Waals surface area contributed by atoms with E-state index in [1.807, 2.05) is 4.90 Å². The monoisotopic (exact) mass is 331 g/mol. The van der Waals surface area contributed by atoms with E-state index in [0.717, 1.165) is 10.4 Å². The number of anilines is 1. The second-order valence-electron chi connectivity index (χ2n) is 3.98. The first-order valence-corrected chi connectivity index (χ1v) is 6.58. The molecule has 0 atom stereocenters. The number of hydrogen-bond donors (Lipinski definition) is 0. The van der Waals surface area contributed by atoms with Crippen LogP contribution in [0.15, 0.2) is 15.5 Å². The van der Waals surface area contributed by atoms with Crippen LogP contribution >= 0.6 is 15.9 Å². The van der Waals surface area contributed by atoms with Gasteiger partial charge in [-0.1, -0.05) is 0 Å². The smallest absolute Gasteiger partial charge is 0.327 e. The summed E-state index contributed by atoms with van der Waals surface area (Å²) in [6.07, 6.45) is 1.57. The maximum atomic E-state index is 12.1. The predicted molar refractivity (Wildman–Crippen MR) is 71.2 cm³/mol. The lowest BCUT2D eigenvalue weighted by atomic mass is 10.3. The predicted octanol–water partition coefficient (Wildman–Crippen LogP) is 0.0154. The molecule has 0 bridgehead atoms. The zero-order chi connectivity index (χ0) is 13.8. The molecule has 1 saturated heterocycles. The van der Waals surface area contributed by atoms with E-state index >= 15 is 0 Å². The van der Waals surface area contributed by atoms with Crippen LogP contribution in [-0.4, -0.2) is 49.2 Å². The van der Waals surface area contributed by atoms with Crippen LogP contribution in [0.1, 0.15) is 0 Å². The highest BCUT2D eigenvalue weighted by atomic mass is 79.9. The van der Waals surface area contributed by atoms with Crippen molar-refractivity contribution >= 4 is 27.6 Å². The normalized spacial score (nSPS) is 15.4. The van der Waals surface area contributed by atoms with Crippen LogP contribution in [0.25, 0.3) is 0 Å². The fourth-order valence-electron chi connectivity index (χ4n) is 1.78. The second-order valence-corrected chi connectivity index (χ2v) is 4.78. The summed E-state index contributed by atoms with van der Waals surface area (Å²) in [6.45, 7) is 2.47. The van der Waals surface area contributed by atoms with Gasteiger partial charge < -0.3 is 14.4 Å². The largest absolute Gasteiger partial charge is 0.468 e. The van der Waals surface area contributed by atoms with Crippen LogP contribution in [0.3, 0.4) is 0 Å². The van der Waals surface area contributed by atoms with Crippen molar-refractivity contribution in [2.24, 2.45) is 0 Å². The molecule has 0 unspecified atom stereocenters. The fourth-order valence-corrected chi connectivity index (χ4v) is 2.34. The Hall–Kier alpha value is -1.41. The van der Waals surface area contributed by atoms with Gasteiger partial charge in [-0.3, -0.25) is 9.59 Å². The number of carbonyl (C=O) groups excluding carboxylic acids is 1. The Labute approximate surface area is 118 Å². The molecule has 104 valence electrons. The van der Waals surface area contributed by atoms with Gasteiger partial charge in [-0.15, -0.1) is 0 Å². The molecule has 1 aromatic heterocycles. The summed E-state index contributed by atoms with van der Waals surface area (Å²) in [7, 11) is 1.27. The van der Waals surface area contributed by atoms with Gasteiger partial charge in [0.15, 0.2) is 0 Å². The van der Waals surface area contributed by atoms with Gasteiger partial charge in [0, 0.05) is 13.1 Å². The minimum Gasteiger partial charge on any atom is -0.468 e. The lowest BCUT2D eigenvalue weighted by Crippen LogP contribution is -2.38. The van der Waals surface area contributed by atoms with Gasteiger partial charge in [-0.05, 0) is 15.9 Å². The van der Waals surface area contributed by atoms with Gasteiger partial charge in [0.2, 0.25) is 0 Å². The van der Waals surface area contributed by atoms with Crippen LogP contribution in [0.2, 0.25) is 0 Å². The summed E-state index contributed by atoms with van der Waals surface area (Å²) in [5.41, 5.74) is 0.365. The average molecular weight is 332 g/mol. The summed E-state index contributed by atoms with van der Waals surface area (Å²) in [4.78, 5) is 25.3. The van der Waals surface area contributed by atoms with E-state index in [1.54, 1.807) is 6.20 Å². The summed E-state index contributed by atoms with van der Waals surface area (Å²) in [6, 6.07) is 0. The highest BCUT2D eigenvalue weighted by Crippen LogP contribution is 2.22. The van der Waals surface area contributed by atoms with E-state index in [0.29, 0.717) is 30.8 Å². The van der Waals surface area contributed by atoms with Gasteiger partial charge in [0.05, 0.1) is 32.2 Å². The molecule has 8 heteroatoms. The Morgan fingerprint density at radius 1 is 1.53 bits per heavy atom. The summed E-state index contributed by atoms with van der Waals surface area (Å²) in [5.74, 6) is -0.513. The fraction of sp³-hybridized carbons (Fsp3) is 0.545. The van der Waals surface area contributed by atoms with Crippen LogP contribution in [0, 0.1) is 0 Å². The second kappa shape index (κ2) is 6.16. The zero-order valence-corrected chi connectivity index (χ0v) is 12.1. The molecule has 2 heterocycles. The number of methoxy groups -OCH3 is 1. The number of rotatable bonds is 3. The first-order valence-electron chi connectivity index (χ1n) is 5.78. The van der Waals surface area contributed by atoms with E-state index in [-0.39, 0.29) is 12.1 Å². The lowest BCUT2D eigenvalue weighted by molar-refractivity contribution is -0.141. The molecule has 0 N–H and O–H groups in total. The topological polar surface area (TPSA) is 73.7 Å². The van der Waals surface area contributed by atoms with E-state index in [1.165, 1.54) is 7.11 Å². The molecular formula is C11H14BrN3O4. The standard InChI is InChI=1S/C11H14BrN3O4/c1-18-9(16)7-15-11(17)10(12)8(6-13-15)14-2-4-19-5-3-14/h6H,2-5,7H2,1H3. The Balaban J connectivity index is 2.26. The molecule has 1 fully saturated rings. The molecule has 0 aliphatic carbocycles. The summed E-state index contributed by atoms with van der Waals surface area (Å²) in [5, 5.41) is 3.99. The van der Waals surface area contributed by atoms with Crippen LogP contribution in [-0.2, 0) is 20.8 Å². The first kappa shape index (κ1) is 14.0. The molecular weight excluding hydrogens is 318 g/mol. The lowest BCUT2D eigenvalue weighted by Gasteiger charge is -2.29. The number of carbonyl (C=O) groups is 1. The molecule has 2 rings (SSSR count). The third kappa shape index (κ3) is 3.13. The minimum atomic E-state index is -0.513. The van der Waals surface area contributed by atoms with Gasteiger partial charge in [-0.2, -0.15) is 5.10 Å². The van der Waals surface area contributed by atoms with Crippen LogP contribution in [0.5, 0.6) is 0 Å². The molecule has 1 aromatic rings. The Morgan fingerprint density at radius 2 is 2.21 bits per heavy atom. The number of esters is 1. The SMILES string of the molecule is COC(=O)Cn1ncc(N2CCOCC2)c(Br)c1=O. The van der Waals surface area contributed by atoms with Crippen molar-refractivity contribution in [3.63, 3.8) is 0 Å². The third-order valence-electron chi connectivity index (χ3n) is 2.82. The molecule has 0 amide bonds. The van der Waals surface area contributed by atoms with Gasteiger partial charge in [0.1, 0.15) is 11.0 Å². The molecule has 0 saturated carbocycles. The number of ether oxygens (including phenoxy) is 2. The quantitative estimate of drug-likeness (QED) is 0.727. The van der Waals surface area contributed by atoms with Crippen molar-refractivity contribution in [1.29, 1.82) is 0 Å². The third-order valence-corrected chi connectivity index (χ3v) is 3.57. The average Bonchev–Trinajstić information content (AvgIpc) is 2.45. The Kier molecular flexibility index (Phi) is 4.54. The van der Waals surface area contributed by atoms with Crippen molar-refractivity contribution in [2.45, 2.75) is 6.54 Å². The Bertz CT molecular complexity index is 525. The maximum Gasteiger partial charge on any atom is 0.327 e. The number of morpholine rings is 1. The van der Waals surface area contributed by atoms with Crippen LogP contribution < -0.4 is 10.5 Å². The van der Waals surface area contributed by atoms with Crippen molar-refractivity contribution in [2.75, 3.05) is 38.3 Å².